The second-order valence-electron chi connectivity index (χ2n) is 11.1. The quantitative estimate of drug-likeness (QED) is 0.353. The number of nitrogens with one attached hydrogen (secondary N) is 3. The summed E-state index contributed by atoms with van der Waals surface area (Å²) >= 11 is 0. The summed E-state index contributed by atoms with van der Waals surface area (Å²) in [6.07, 6.45) is 1.67. The van der Waals surface area contributed by atoms with Gasteiger partial charge in [0.2, 0.25) is 5.91 Å². The predicted octanol–water partition coefficient (Wildman–Crippen LogP) is 2.89. The highest BCUT2D eigenvalue weighted by Gasteiger charge is 2.48. The Morgan fingerprint density at radius 3 is 2.56 bits per heavy atom. The molecule has 15 heteroatoms. The fraction of sp³-hybridized carbons (Fsp3) is 0.615. The first-order valence-corrected chi connectivity index (χ1v) is 13.7. The molecule has 1 unspecified atom stereocenters. The van der Waals surface area contributed by atoms with Crippen LogP contribution >= 0.6 is 0 Å². The summed E-state index contributed by atoms with van der Waals surface area (Å²) in [4.78, 5) is 44.1. The van der Waals surface area contributed by atoms with Crippen LogP contribution < -0.4 is 16.0 Å². The van der Waals surface area contributed by atoms with E-state index in [9.17, 15) is 32.7 Å². The topological polar surface area (TPSA) is 163 Å². The predicted molar refractivity (Wildman–Crippen MR) is 136 cm³/mol. The number of carbonyl (C=O) groups is 3. The number of anilines is 1. The van der Waals surface area contributed by atoms with Crippen LogP contribution in [0.5, 0.6) is 0 Å². The lowest BCUT2D eigenvalue weighted by molar-refractivity contribution is -0.150. The Labute approximate surface area is 233 Å². The third-order valence-corrected chi connectivity index (χ3v) is 8.10. The van der Waals surface area contributed by atoms with Gasteiger partial charge in [-0.3, -0.25) is 9.59 Å². The first kappa shape index (κ1) is 28.8. The van der Waals surface area contributed by atoms with Crippen molar-refractivity contribution in [3.8, 4) is 0 Å². The number of urea groups is 1. The third-order valence-electron chi connectivity index (χ3n) is 8.10. The van der Waals surface area contributed by atoms with Gasteiger partial charge >= 0.3 is 12.2 Å². The average Bonchev–Trinajstić information content (AvgIpc) is 3.52. The molecule has 1 aliphatic heterocycles. The van der Waals surface area contributed by atoms with E-state index in [-0.39, 0.29) is 28.9 Å². The molecular formula is C26H32F3N7O5. The number of aliphatic hydroxyl groups is 1. The molecule has 41 heavy (non-hydrogen) atoms. The molecule has 1 saturated heterocycles. The van der Waals surface area contributed by atoms with Gasteiger partial charge in [0, 0.05) is 12.1 Å². The largest absolute Gasteiger partial charge is 0.410 e. The first-order valence-electron chi connectivity index (χ1n) is 13.7. The van der Waals surface area contributed by atoms with Crippen molar-refractivity contribution in [3.05, 3.63) is 35.3 Å². The van der Waals surface area contributed by atoms with Gasteiger partial charge in [0.05, 0.1) is 19.2 Å². The van der Waals surface area contributed by atoms with E-state index >= 15 is 0 Å². The molecule has 2 saturated carbocycles. The number of alkyl halides is 3. The number of rotatable bonds is 9. The fourth-order valence-electron chi connectivity index (χ4n) is 5.53. The second-order valence-corrected chi connectivity index (χ2v) is 11.1. The molecule has 0 bridgehead atoms. The Balaban J connectivity index is 1.33. The van der Waals surface area contributed by atoms with Crippen molar-refractivity contribution in [2.45, 2.75) is 75.7 Å². The van der Waals surface area contributed by atoms with Crippen LogP contribution in [0, 0.1) is 11.8 Å². The van der Waals surface area contributed by atoms with Crippen LogP contribution in [0.4, 0.5) is 23.8 Å². The van der Waals surface area contributed by atoms with Gasteiger partial charge in [0.1, 0.15) is 23.6 Å². The lowest BCUT2D eigenvalue weighted by Gasteiger charge is -2.32. The van der Waals surface area contributed by atoms with E-state index < -0.39 is 55.3 Å². The van der Waals surface area contributed by atoms with Crippen molar-refractivity contribution < 1.29 is 37.3 Å². The minimum Gasteiger partial charge on any atom is -0.394 e. The van der Waals surface area contributed by atoms with Gasteiger partial charge in [-0.15, -0.1) is 0 Å². The van der Waals surface area contributed by atoms with Crippen molar-refractivity contribution in [1.82, 2.24) is 30.8 Å². The van der Waals surface area contributed by atoms with Gasteiger partial charge in [-0.1, -0.05) is 24.9 Å². The van der Waals surface area contributed by atoms with Crippen molar-refractivity contribution in [1.29, 1.82) is 0 Å². The summed E-state index contributed by atoms with van der Waals surface area (Å²) < 4.78 is 44.3. The number of aromatic nitrogens is 3. The zero-order valence-corrected chi connectivity index (χ0v) is 22.4. The standard InChI is InChI=1S/C26H32F3N7O5/c1-13-2-4-15(5-3-13)21(33-24(39)22-20(14-6-7-14)34-41-35-22)23(38)32-19-10-16(8-9-30-19)17(12-37)36-11-18(26(27,28)29)31-25(36)40/h8-10,13-15,17-18,21,37H,2-7,11-12H2,1H3,(H,31,40)(H,33,39)(H,30,32,38)/t13?,15?,17?,18-,21-/m0/s1. The van der Waals surface area contributed by atoms with E-state index in [4.69, 9.17) is 4.63 Å². The number of hydrogen-bond acceptors (Lipinski definition) is 8. The summed E-state index contributed by atoms with van der Waals surface area (Å²) in [6, 6.07) is -2.21. The lowest BCUT2D eigenvalue weighted by atomic mass is 9.79. The van der Waals surface area contributed by atoms with Crippen LogP contribution in [0.3, 0.4) is 0 Å². The summed E-state index contributed by atoms with van der Waals surface area (Å²) in [5.41, 5.74) is 0.814. The Hall–Kier alpha value is -3.75. The van der Waals surface area contributed by atoms with Crippen LogP contribution in [-0.2, 0) is 4.79 Å². The molecule has 2 aliphatic carbocycles. The van der Waals surface area contributed by atoms with Crippen molar-refractivity contribution in [2.75, 3.05) is 18.5 Å². The molecule has 2 aromatic heterocycles. The molecule has 0 radical (unpaired) electrons. The highest BCUT2D eigenvalue weighted by atomic mass is 19.4. The molecule has 3 atom stereocenters. The number of nitrogens with zero attached hydrogens (tertiary/aromatic N) is 4. The molecule has 3 heterocycles. The van der Waals surface area contributed by atoms with Gasteiger partial charge in [-0.2, -0.15) is 13.2 Å². The highest BCUT2D eigenvalue weighted by molar-refractivity contribution is 6.00. The maximum atomic E-state index is 13.6. The number of pyridine rings is 1. The van der Waals surface area contributed by atoms with Crippen molar-refractivity contribution in [3.63, 3.8) is 0 Å². The van der Waals surface area contributed by atoms with Gasteiger partial charge in [0.25, 0.3) is 5.91 Å². The second kappa shape index (κ2) is 11.6. The number of aliphatic hydroxyl groups excluding tert-OH is 1. The van der Waals surface area contributed by atoms with E-state index in [2.05, 4.69) is 32.9 Å². The Morgan fingerprint density at radius 2 is 1.93 bits per heavy atom. The van der Waals surface area contributed by atoms with E-state index in [1.165, 1.54) is 18.3 Å². The molecule has 3 aliphatic rings. The maximum absolute atomic E-state index is 13.6. The molecule has 12 nitrogen and oxygen atoms in total. The number of hydrogen-bond donors (Lipinski definition) is 4. The Bertz CT molecular complexity index is 1280. The molecule has 222 valence electrons. The molecule has 3 fully saturated rings. The summed E-state index contributed by atoms with van der Waals surface area (Å²) in [5.74, 6) is -0.569. The van der Waals surface area contributed by atoms with Crippen LogP contribution in [0.25, 0.3) is 0 Å². The lowest BCUT2D eigenvalue weighted by Crippen LogP contribution is -2.49. The zero-order valence-electron chi connectivity index (χ0n) is 22.4. The van der Waals surface area contributed by atoms with Crippen LogP contribution in [0.2, 0.25) is 0 Å². The maximum Gasteiger partial charge on any atom is 0.410 e. The normalized spacial score (nSPS) is 24.5. The van der Waals surface area contributed by atoms with Crippen molar-refractivity contribution >= 4 is 23.7 Å². The monoisotopic (exact) mass is 579 g/mol. The van der Waals surface area contributed by atoms with Gasteiger partial charge in [-0.05, 0) is 60.4 Å². The van der Waals surface area contributed by atoms with E-state index in [1.807, 2.05) is 5.32 Å². The first-order chi connectivity index (χ1) is 19.5. The minimum atomic E-state index is -4.64. The number of carbonyl (C=O) groups excluding carboxylic acids is 3. The van der Waals surface area contributed by atoms with E-state index in [0.29, 0.717) is 11.6 Å². The Morgan fingerprint density at radius 1 is 1.20 bits per heavy atom. The SMILES string of the molecule is CC1CCC([C@H](NC(=O)c2nonc2C2CC2)C(=O)Nc2cc(C(CO)N3C[C@@H](C(F)(F)F)NC3=O)ccn2)CC1. The summed E-state index contributed by atoms with van der Waals surface area (Å²) in [6.45, 7) is 0.812. The summed E-state index contributed by atoms with van der Waals surface area (Å²) in [7, 11) is 0. The van der Waals surface area contributed by atoms with Crippen LogP contribution in [0.1, 0.15) is 79.2 Å². The average molecular weight is 580 g/mol. The highest BCUT2D eigenvalue weighted by Crippen LogP contribution is 2.40. The Kier molecular flexibility index (Phi) is 8.16. The molecule has 4 amide bonds. The molecule has 0 aromatic carbocycles. The summed E-state index contributed by atoms with van der Waals surface area (Å²) in [5, 5.41) is 25.0. The van der Waals surface area contributed by atoms with E-state index in [1.54, 1.807) is 0 Å². The van der Waals surface area contributed by atoms with E-state index in [0.717, 1.165) is 43.4 Å². The number of amides is 4. The molecule has 5 rings (SSSR count). The number of halogens is 3. The van der Waals surface area contributed by atoms with Gasteiger partial charge in [0.15, 0.2) is 5.69 Å². The fourth-order valence-corrected chi connectivity index (χ4v) is 5.53. The van der Waals surface area contributed by atoms with Gasteiger partial charge < -0.3 is 26.0 Å². The van der Waals surface area contributed by atoms with Crippen molar-refractivity contribution in [2.24, 2.45) is 11.8 Å². The molecule has 4 N–H and O–H groups in total. The molecule has 2 aromatic rings. The smallest absolute Gasteiger partial charge is 0.394 e. The zero-order chi connectivity index (χ0) is 29.3. The van der Waals surface area contributed by atoms with Gasteiger partial charge in [-0.25, -0.2) is 14.4 Å². The molecule has 0 spiro atoms. The molecular weight excluding hydrogens is 547 g/mol. The minimum absolute atomic E-state index is 0.0569. The van der Waals surface area contributed by atoms with Crippen LogP contribution in [-0.4, -0.2) is 74.6 Å². The third kappa shape index (κ3) is 6.44. The van der Waals surface area contributed by atoms with Crippen LogP contribution in [0.15, 0.2) is 23.0 Å².